The zero-order chi connectivity index (χ0) is 10.9. The lowest BCUT2D eigenvalue weighted by Crippen LogP contribution is -2.31. The van der Waals surface area contributed by atoms with E-state index in [1.165, 1.54) is 19.3 Å². The third-order valence-electron chi connectivity index (χ3n) is 5.40. The Morgan fingerprint density at radius 2 is 1.81 bits per heavy atom. The first kappa shape index (κ1) is 9.27. The van der Waals surface area contributed by atoms with Crippen LogP contribution in [-0.4, -0.2) is 0 Å². The molecule has 0 aliphatic heterocycles. The molecule has 0 radical (unpaired) electrons. The monoisotopic (exact) mass is 212 g/mol. The van der Waals surface area contributed by atoms with E-state index < -0.39 is 0 Å². The average molecular weight is 212 g/mol. The highest BCUT2D eigenvalue weighted by Gasteiger charge is 2.55. The van der Waals surface area contributed by atoms with Gasteiger partial charge in [0, 0.05) is 0 Å². The molecular weight excluding hydrogens is 192 g/mol. The molecule has 2 fully saturated rings. The molecule has 2 bridgehead atoms. The van der Waals surface area contributed by atoms with E-state index in [2.05, 4.69) is 32.0 Å². The van der Waals surface area contributed by atoms with Crippen molar-refractivity contribution >= 4 is 0 Å². The lowest BCUT2D eigenvalue weighted by molar-refractivity contribution is 0.320. The first-order valence-electron chi connectivity index (χ1n) is 6.90. The first-order valence-corrected chi connectivity index (χ1v) is 6.90. The fourth-order valence-electron chi connectivity index (χ4n) is 4.84. The van der Waals surface area contributed by atoms with E-state index in [0.29, 0.717) is 5.92 Å². The maximum atomic E-state index is 2.41. The summed E-state index contributed by atoms with van der Waals surface area (Å²) in [4.78, 5) is 0. The Morgan fingerprint density at radius 1 is 1.06 bits per heavy atom. The van der Waals surface area contributed by atoms with Crippen molar-refractivity contribution in [3.8, 4) is 0 Å². The van der Waals surface area contributed by atoms with E-state index in [0.717, 1.165) is 23.7 Å². The van der Waals surface area contributed by atoms with Crippen molar-refractivity contribution < 1.29 is 0 Å². The minimum atomic E-state index is 0.704. The largest absolute Gasteiger partial charge is 0.0617 e. The van der Waals surface area contributed by atoms with E-state index in [4.69, 9.17) is 0 Å². The van der Waals surface area contributed by atoms with Gasteiger partial charge >= 0.3 is 0 Å². The Labute approximate surface area is 98.1 Å². The second kappa shape index (κ2) is 2.91. The van der Waals surface area contributed by atoms with Gasteiger partial charge in [-0.15, -0.1) is 0 Å². The molecule has 0 amide bonds. The Kier molecular flexibility index (Phi) is 1.69. The van der Waals surface area contributed by atoms with Crippen LogP contribution in [0.3, 0.4) is 0 Å². The summed E-state index contributed by atoms with van der Waals surface area (Å²) in [5.74, 6) is 4.72. The minimum absolute atomic E-state index is 0.704. The van der Waals surface area contributed by atoms with Gasteiger partial charge in [0.15, 0.2) is 0 Å². The molecule has 0 saturated heterocycles. The number of fused-ring (bicyclic) bond motifs is 8. The molecule has 4 rings (SSSR count). The molecule has 0 N–H and O–H groups in total. The summed E-state index contributed by atoms with van der Waals surface area (Å²) < 4.78 is 0. The van der Waals surface area contributed by atoms with Gasteiger partial charge < -0.3 is 0 Å². The van der Waals surface area contributed by atoms with Gasteiger partial charge in [-0.3, -0.25) is 0 Å². The normalized spacial score (nSPS) is 38.4. The van der Waals surface area contributed by atoms with E-state index in [1.54, 1.807) is 16.7 Å². The average Bonchev–Trinajstić information content (AvgIpc) is 2.79. The predicted molar refractivity (Wildman–Crippen MR) is 66.8 cm³/mol. The van der Waals surface area contributed by atoms with Crippen molar-refractivity contribution in [2.45, 2.75) is 50.9 Å². The predicted octanol–water partition coefficient (Wildman–Crippen LogP) is 4.42. The Hall–Kier alpha value is -0.780. The summed E-state index contributed by atoms with van der Waals surface area (Å²) in [5.41, 5.74) is 5.14. The maximum Gasteiger partial charge on any atom is -0.00562 e. The van der Waals surface area contributed by atoms with Crippen molar-refractivity contribution in [2.24, 2.45) is 11.8 Å². The second-order valence-electron chi connectivity index (χ2n) is 6.39. The van der Waals surface area contributed by atoms with Crippen molar-refractivity contribution in [1.29, 1.82) is 0 Å². The Balaban J connectivity index is 1.86. The smallest absolute Gasteiger partial charge is 0.00562 e. The summed E-state index contributed by atoms with van der Waals surface area (Å²) >= 11 is 0. The van der Waals surface area contributed by atoms with Gasteiger partial charge in [-0.05, 0) is 65.5 Å². The molecule has 0 heteroatoms. The lowest BCUT2D eigenvalue weighted by Gasteiger charge is -2.44. The van der Waals surface area contributed by atoms with Crippen LogP contribution in [0, 0.1) is 11.8 Å². The molecule has 0 aromatic heterocycles. The maximum absolute atomic E-state index is 2.41. The number of rotatable bonds is 1. The van der Waals surface area contributed by atoms with Crippen LogP contribution in [-0.2, 0) is 0 Å². The third-order valence-corrected chi connectivity index (χ3v) is 5.40. The molecule has 0 heterocycles. The van der Waals surface area contributed by atoms with Gasteiger partial charge in [-0.1, -0.05) is 32.0 Å². The Morgan fingerprint density at radius 3 is 2.56 bits per heavy atom. The van der Waals surface area contributed by atoms with E-state index in [1.807, 2.05) is 0 Å². The second-order valence-corrected chi connectivity index (χ2v) is 6.39. The van der Waals surface area contributed by atoms with Crippen molar-refractivity contribution in [1.82, 2.24) is 0 Å². The molecule has 0 nitrogen and oxygen atoms in total. The standard InChI is InChI=1S/C16H20/c1-9(2)12-4-3-5-13-14-10-6-7-11(8-10)15(14)16(12)13/h3-5,9-11,14-15H,6-8H2,1-2H3. The first-order chi connectivity index (χ1) is 7.77. The zero-order valence-corrected chi connectivity index (χ0v) is 10.2. The van der Waals surface area contributed by atoms with Crippen LogP contribution in [0.15, 0.2) is 18.2 Å². The SMILES string of the molecule is CC(C)c1cccc2c1C1C3CCC(C3)C21. The van der Waals surface area contributed by atoms with Crippen LogP contribution in [0.5, 0.6) is 0 Å². The van der Waals surface area contributed by atoms with Crippen LogP contribution < -0.4 is 0 Å². The minimum Gasteiger partial charge on any atom is -0.0617 e. The highest BCUT2D eigenvalue weighted by Crippen LogP contribution is 2.68. The number of hydrogen-bond donors (Lipinski definition) is 0. The molecule has 3 aliphatic carbocycles. The molecule has 84 valence electrons. The van der Waals surface area contributed by atoms with Crippen LogP contribution in [0.25, 0.3) is 0 Å². The highest BCUT2D eigenvalue weighted by atomic mass is 14.6. The van der Waals surface area contributed by atoms with Crippen LogP contribution in [0.1, 0.15) is 67.6 Å². The fourth-order valence-corrected chi connectivity index (χ4v) is 4.84. The topological polar surface area (TPSA) is 0 Å². The molecule has 4 atom stereocenters. The molecule has 16 heavy (non-hydrogen) atoms. The summed E-state index contributed by atoms with van der Waals surface area (Å²) in [6.07, 6.45) is 4.55. The lowest BCUT2D eigenvalue weighted by atomic mass is 9.59. The number of hydrogen-bond acceptors (Lipinski definition) is 0. The van der Waals surface area contributed by atoms with Gasteiger partial charge in [-0.2, -0.15) is 0 Å². The molecular formula is C16H20. The summed E-state index contributed by atoms with van der Waals surface area (Å²) in [7, 11) is 0. The van der Waals surface area contributed by atoms with Gasteiger partial charge in [0.05, 0.1) is 0 Å². The molecule has 2 saturated carbocycles. The van der Waals surface area contributed by atoms with Crippen LogP contribution in [0.4, 0.5) is 0 Å². The van der Waals surface area contributed by atoms with Gasteiger partial charge in [0.1, 0.15) is 0 Å². The van der Waals surface area contributed by atoms with Crippen LogP contribution >= 0.6 is 0 Å². The van der Waals surface area contributed by atoms with E-state index in [-0.39, 0.29) is 0 Å². The quantitative estimate of drug-likeness (QED) is 0.646. The van der Waals surface area contributed by atoms with Crippen LogP contribution in [0.2, 0.25) is 0 Å². The summed E-state index contributed by atoms with van der Waals surface area (Å²) in [6, 6.07) is 7.06. The molecule has 3 aliphatic rings. The third kappa shape index (κ3) is 0.924. The fraction of sp³-hybridized carbons (Fsp3) is 0.625. The van der Waals surface area contributed by atoms with Crippen molar-refractivity contribution in [2.75, 3.05) is 0 Å². The van der Waals surface area contributed by atoms with Crippen molar-refractivity contribution in [3.05, 3.63) is 34.9 Å². The van der Waals surface area contributed by atoms with E-state index in [9.17, 15) is 0 Å². The molecule has 1 aromatic rings. The highest BCUT2D eigenvalue weighted by molar-refractivity contribution is 5.54. The van der Waals surface area contributed by atoms with Gasteiger partial charge in [0.2, 0.25) is 0 Å². The Bertz CT molecular complexity index is 443. The molecule has 0 spiro atoms. The molecule has 4 unspecified atom stereocenters. The van der Waals surface area contributed by atoms with E-state index >= 15 is 0 Å². The summed E-state index contributed by atoms with van der Waals surface area (Å²) in [6.45, 7) is 4.69. The van der Waals surface area contributed by atoms with Gasteiger partial charge in [-0.25, -0.2) is 0 Å². The van der Waals surface area contributed by atoms with Gasteiger partial charge in [0.25, 0.3) is 0 Å². The van der Waals surface area contributed by atoms with Crippen molar-refractivity contribution in [3.63, 3.8) is 0 Å². The number of benzene rings is 1. The zero-order valence-electron chi connectivity index (χ0n) is 10.2. The summed E-state index contributed by atoms with van der Waals surface area (Å²) in [5, 5.41) is 0. The molecule has 1 aromatic carbocycles.